The van der Waals surface area contributed by atoms with Crippen LogP contribution in [0.4, 0.5) is 13.2 Å². The van der Waals surface area contributed by atoms with E-state index in [4.69, 9.17) is 5.73 Å². The lowest BCUT2D eigenvalue weighted by Crippen LogP contribution is -2.53. The molecule has 0 aliphatic carbocycles. The maximum Gasteiger partial charge on any atom is 0.255 e. The Bertz CT molecular complexity index is 951. The Morgan fingerprint density at radius 1 is 1.17 bits per heavy atom. The van der Waals surface area contributed by atoms with Gasteiger partial charge in [-0.3, -0.25) is 4.98 Å². The fourth-order valence-corrected chi connectivity index (χ4v) is 3.46. The molecule has 7 heteroatoms. The molecule has 0 amide bonds. The van der Waals surface area contributed by atoms with Crippen molar-refractivity contribution in [1.29, 1.82) is 0 Å². The number of aromatic nitrogens is 3. The van der Waals surface area contributed by atoms with E-state index in [0.29, 0.717) is 19.0 Å². The molecule has 0 unspecified atom stereocenters. The van der Waals surface area contributed by atoms with E-state index in [-0.39, 0.29) is 5.56 Å². The van der Waals surface area contributed by atoms with Crippen LogP contribution >= 0.6 is 0 Å². The quantitative estimate of drug-likeness (QED) is 0.530. The molecular weight excluding hydrogens is 317 g/mol. The Morgan fingerprint density at radius 3 is 2.71 bits per heavy atom. The summed E-state index contributed by atoms with van der Waals surface area (Å²) in [7, 11) is 0. The highest BCUT2D eigenvalue weighted by Crippen LogP contribution is 2.30. The van der Waals surface area contributed by atoms with Gasteiger partial charge in [-0.1, -0.05) is 0 Å². The summed E-state index contributed by atoms with van der Waals surface area (Å²) in [5.74, 6) is -2.58. The number of benzene rings is 1. The second-order valence-electron chi connectivity index (χ2n) is 6.29. The Hall–Kier alpha value is -2.41. The van der Waals surface area contributed by atoms with E-state index in [1.807, 2.05) is 17.6 Å². The molecule has 1 aromatic carbocycles. The summed E-state index contributed by atoms with van der Waals surface area (Å²) in [6.07, 6.45) is 2.16. The minimum atomic E-state index is -1.19. The molecule has 1 aliphatic rings. The molecule has 0 saturated heterocycles. The lowest BCUT2D eigenvalue weighted by atomic mass is 9.86. The van der Waals surface area contributed by atoms with Gasteiger partial charge in [0.1, 0.15) is 12.4 Å². The van der Waals surface area contributed by atoms with Gasteiger partial charge in [0.05, 0.1) is 18.7 Å². The van der Waals surface area contributed by atoms with Gasteiger partial charge in [-0.25, -0.2) is 22.7 Å². The van der Waals surface area contributed by atoms with Crippen molar-refractivity contribution in [2.24, 2.45) is 5.73 Å². The summed E-state index contributed by atoms with van der Waals surface area (Å²) >= 11 is 0. The van der Waals surface area contributed by atoms with Crippen molar-refractivity contribution in [1.82, 2.24) is 9.97 Å². The molecule has 124 valence electrons. The molecule has 0 fully saturated rings. The number of rotatable bonds is 1. The van der Waals surface area contributed by atoms with Gasteiger partial charge in [0, 0.05) is 23.7 Å². The highest BCUT2D eigenvalue weighted by molar-refractivity contribution is 5.70. The number of imidazole rings is 1. The molecule has 4 nitrogen and oxygen atoms in total. The largest absolute Gasteiger partial charge is 0.324 e. The van der Waals surface area contributed by atoms with Crippen LogP contribution in [0.15, 0.2) is 24.4 Å². The smallest absolute Gasteiger partial charge is 0.255 e. The molecule has 0 saturated carbocycles. The van der Waals surface area contributed by atoms with Gasteiger partial charge in [-0.15, -0.1) is 0 Å². The van der Waals surface area contributed by atoms with E-state index < -0.39 is 29.4 Å². The third kappa shape index (κ3) is 2.27. The molecule has 3 aromatic rings. The van der Waals surface area contributed by atoms with Crippen LogP contribution in [0.1, 0.15) is 23.0 Å². The molecule has 0 spiro atoms. The number of H-pyrrole nitrogens is 1. The Labute approximate surface area is 136 Å². The number of halogens is 3. The molecule has 24 heavy (non-hydrogen) atoms. The summed E-state index contributed by atoms with van der Waals surface area (Å²) < 4.78 is 42.9. The Balaban J connectivity index is 1.80. The van der Waals surface area contributed by atoms with E-state index in [2.05, 4.69) is 9.97 Å². The molecule has 0 radical (unpaired) electrons. The van der Waals surface area contributed by atoms with Crippen molar-refractivity contribution in [3.8, 4) is 0 Å². The van der Waals surface area contributed by atoms with Gasteiger partial charge < -0.3 is 5.73 Å². The zero-order valence-electron chi connectivity index (χ0n) is 13.0. The summed E-state index contributed by atoms with van der Waals surface area (Å²) in [6, 6.07) is 3.05. The van der Waals surface area contributed by atoms with Crippen molar-refractivity contribution in [2.75, 3.05) is 0 Å². The molecular formula is C17H16F3N4+. The number of aryl methyl sites for hydroxylation is 1. The SMILES string of the molecule is Cc1cc2c(cn1)[nH]c1[n+]2C[C@H](N)[C@@H](c2cc(F)c(F)cc2F)C1. The number of nitrogens with one attached hydrogen (secondary N) is 1. The zero-order chi connectivity index (χ0) is 17.0. The third-order valence-corrected chi connectivity index (χ3v) is 4.68. The van der Waals surface area contributed by atoms with Crippen molar-refractivity contribution in [3.05, 3.63) is 58.9 Å². The normalized spacial score (nSPS) is 20.4. The number of nitrogens with zero attached hydrogens (tertiary/aromatic N) is 2. The van der Waals surface area contributed by atoms with Gasteiger partial charge in [0.2, 0.25) is 0 Å². The maximum absolute atomic E-state index is 14.1. The van der Waals surface area contributed by atoms with Crippen LogP contribution in [-0.4, -0.2) is 16.0 Å². The lowest BCUT2D eigenvalue weighted by molar-refractivity contribution is -0.686. The topological polar surface area (TPSA) is 58.6 Å². The maximum atomic E-state index is 14.1. The molecule has 2 aromatic heterocycles. The minimum absolute atomic E-state index is 0.112. The number of hydrogen-bond acceptors (Lipinski definition) is 2. The van der Waals surface area contributed by atoms with Crippen LogP contribution in [0.3, 0.4) is 0 Å². The molecule has 1 aliphatic heterocycles. The van der Waals surface area contributed by atoms with Gasteiger partial charge >= 0.3 is 0 Å². The summed E-state index contributed by atoms with van der Waals surface area (Å²) in [5.41, 5.74) is 9.09. The molecule has 0 bridgehead atoms. The van der Waals surface area contributed by atoms with Crippen LogP contribution < -0.4 is 10.3 Å². The van der Waals surface area contributed by atoms with E-state index in [1.165, 1.54) is 0 Å². The minimum Gasteiger partial charge on any atom is -0.324 e. The fraction of sp³-hybridized carbons (Fsp3) is 0.294. The average Bonchev–Trinajstić information content (AvgIpc) is 2.87. The van der Waals surface area contributed by atoms with Gasteiger partial charge in [-0.2, -0.15) is 0 Å². The fourth-order valence-electron chi connectivity index (χ4n) is 3.46. The lowest BCUT2D eigenvalue weighted by Gasteiger charge is -2.26. The van der Waals surface area contributed by atoms with Crippen LogP contribution in [0.5, 0.6) is 0 Å². The molecule has 3 heterocycles. The Morgan fingerprint density at radius 2 is 1.92 bits per heavy atom. The van der Waals surface area contributed by atoms with Crippen molar-refractivity contribution in [3.63, 3.8) is 0 Å². The highest BCUT2D eigenvalue weighted by atomic mass is 19.2. The van der Waals surface area contributed by atoms with Crippen LogP contribution in [0, 0.1) is 24.4 Å². The van der Waals surface area contributed by atoms with Crippen LogP contribution in [-0.2, 0) is 13.0 Å². The molecule has 3 N–H and O–H groups in total. The first-order valence-corrected chi connectivity index (χ1v) is 7.71. The van der Waals surface area contributed by atoms with Crippen molar-refractivity contribution < 1.29 is 17.7 Å². The standard InChI is InChI=1S/C17H15F3N4/c1-8-2-16-15(6-22-8)23-17-4-10(14(21)7-24(16)17)9-3-12(19)13(20)5-11(9)18/h2-3,5-6,10,14H,4,7,21H2,1H3/p+1/t10-,14+/m1/s1. The number of nitrogens with two attached hydrogens (primary N) is 1. The number of aromatic amines is 1. The highest BCUT2D eigenvalue weighted by Gasteiger charge is 2.36. The second kappa shape index (κ2) is 5.31. The molecule has 2 atom stereocenters. The van der Waals surface area contributed by atoms with Crippen molar-refractivity contribution >= 4 is 11.0 Å². The first-order chi connectivity index (χ1) is 11.4. The van der Waals surface area contributed by atoms with E-state index in [1.54, 1.807) is 6.20 Å². The average molecular weight is 333 g/mol. The van der Waals surface area contributed by atoms with Crippen LogP contribution in [0.2, 0.25) is 0 Å². The van der Waals surface area contributed by atoms with Gasteiger partial charge in [0.25, 0.3) is 5.82 Å². The predicted molar refractivity (Wildman–Crippen MR) is 81.8 cm³/mol. The second-order valence-corrected chi connectivity index (χ2v) is 6.29. The van der Waals surface area contributed by atoms with E-state index in [0.717, 1.165) is 28.6 Å². The Kier molecular flexibility index (Phi) is 3.35. The first kappa shape index (κ1) is 15.1. The number of pyridine rings is 1. The first-order valence-electron chi connectivity index (χ1n) is 7.71. The van der Waals surface area contributed by atoms with E-state index in [9.17, 15) is 13.2 Å². The molecule has 4 rings (SSSR count). The zero-order valence-corrected chi connectivity index (χ0v) is 13.0. The summed E-state index contributed by atoms with van der Waals surface area (Å²) in [4.78, 5) is 7.52. The predicted octanol–water partition coefficient (Wildman–Crippen LogP) is 2.24. The van der Waals surface area contributed by atoms with Crippen LogP contribution in [0.25, 0.3) is 11.0 Å². The monoisotopic (exact) mass is 333 g/mol. The van der Waals surface area contributed by atoms with Gasteiger partial charge in [-0.05, 0) is 18.6 Å². The van der Waals surface area contributed by atoms with E-state index >= 15 is 0 Å². The van der Waals surface area contributed by atoms with Crippen molar-refractivity contribution in [2.45, 2.75) is 31.8 Å². The summed E-state index contributed by atoms with van der Waals surface area (Å²) in [6.45, 7) is 2.36. The third-order valence-electron chi connectivity index (χ3n) is 4.68. The van der Waals surface area contributed by atoms with Gasteiger partial charge in [0.15, 0.2) is 22.7 Å². The number of hydrogen-bond donors (Lipinski definition) is 2. The summed E-state index contributed by atoms with van der Waals surface area (Å²) in [5, 5.41) is 0. The number of fused-ring (bicyclic) bond motifs is 3.